The molecule has 0 bridgehead atoms. The lowest BCUT2D eigenvalue weighted by Gasteiger charge is -2.23. The first-order valence-corrected chi connectivity index (χ1v) is 9.66. The number of nitrogens with zero attached hydrogens (tertiary/aromatic N) is 2. The van der Waals surface area contributed by atoms with Crippen LogP contribution in [0.2, 0.25) is 0 Å². The van der Waals surface area contributed by atoms with Crippen LogP contribution < -0.4 is 27.8 Å². The highest BCUT2D eigenvalue weighted by molar-refractivity contribution is 5.93. The SMILES string of the molecule is NC(N)=NCCCC(NC(=O)C(N)CC(=O)O)C(=O)NCC(=O)N1CCCC1C(=O)O. The number of amides is 3. The number of likely N-dealkylation sites (tertiary alicyclic amines) is 1. The summed E-state index contributed by atoms with van der Waals surface area (Å²) in [7, 11) is 0. The maximum Gasteiger partial charge on any atom is 0.326 e. The van der Waals surface area contributed by atoms with Crippen molar-refractivity contribution in [2.75, 3.05) is 19.6 Å². The van der Waals surface area contributed by atoms with Crippen LogP contribution in [0.5, 0.6) is 0 Å². The Morgan fingerprint density at radius 1 is 1.13 bits per heavy atom. The molecule has 0 spiro atoms. The summed E-state index contributed by atoms with van der Waals surface area (Å²) in [5.74, 6) is -4.65. The van der Waals surface area contributed by atoms with E-state index in [0.29, 0.717) is 19.3 Å². The fourth-order valence-corrected chi connectivity index (χ4v) is 3.04. The van der Waals surface area contributed by atoms with Crippen LogP contribution in [0.3, 0.4) is 0 Å². The number of hydrogen-bond donors (Lipinski definition) is 7. The van der Waals surface area contributed by atoms with Gasteiger partial charge in [-0.2, -0.15) is 0 Å². The van der Waals surface area contributed by atoms with Gasteiger partial charge in [0.1, 0.15) is 12.1 Å². The number of carboxylic acid groups (broad SMARTS) is 2. The van der Waals surface area contributed by atoms with E-state index >= 15 is 0 Å². The van der Waals surface area contributed by atoms with Crippen molar-refractivity contribution < 1.29 is 34.2 Å². The molecule has 31 heavy (non-hydrogen) atoms. The van der Waals surface area contributed by atoms with Gasteiger partial charge in [-0.1, -0.05) is 0 Å². The number of rotatable bonds is 12. The van der Waals surface area contributed by atoms with Gasteiger partial charge < -0.3 is 42.9 Å². The number of nitrogens with one attached hydrogen (secondary N) is 2. The molecule has 1 aliphatic rings. The average Bonchev–Trinajstić information content (AvgIpc) is 3.17. The van der Waals surface area contributed by atoms with E-state index in [1.807, 2.05) is 0 Å². The number of carboxylic acids is 2. The second-order valence-electron chi connectivity index (χ2n) is 7.02. The Labute approximate surface area is 178 Å². The van der Waals surface area contributed by atoms with E-state index in [9.17, 15) is 24.0 Å². The normalized spacial score (nSPS) is 17.3. The Bertz CT molecular complexity index is 724. The summed E-state index contributed by atoms with van der Waals surface area (Å²) in [5.41, 5.74) is 16.0. The third-order valence-electron chi connectivity index (χ3n) is 4.58. The van der Waals surface area contributed by atoms with Crippen LogP contribution in [-0.4, -0.2) is 88.5 Å². The predicted molar refractivity (Wildman–Crippen MR) is 107 cm³/mol. The van der Waals surface area contributed by atoms with Gasteiger partial charge in [0, 0.05) is 13.1 Å². The van der Waals surface area contributed by atoms with Crippen molar-refractivity contribution >= 4 is 35.6 Å². The summed E-state index contributed by atoms with van der Waals surface area (Å²) >= 11 is 0. The molecule has 1 rings (SSSR count). The van der Waals surface area contributed by atoms with Crippen LogP contribution in [0.1, 0.15) is 32.1 Å². The maximum atomic E-state index is 12.5. The van der Waals surface area contributed by atoms with Crippen LogP contribution in [0, 0.1) is 0 Å². The number of aliphatic carboxylic acids is 2. The minimum atomic E-state index is -1.37. The molecule has 0 saturated carbocycles. The molecule has 14 heteroatoms. The van der Waals surface area contributed by atoms with Gasteiger partial charge in [0.15, 0.2) is 5.96 Å². The van der Waals surface area contributed by atoms with Crippen LogP contribution in [0.15, 0.2) is 4.99 Å². The first-order valence-electron chi connectivity index (χ1n) is 9.66. The summed E-state index contributed by atoms with van der Waals surface area (Å²) in [5, 5.41) is 22.6. The van der Waals surface area contributed by atoms with Crippen LogP contribution in [0.4, 0.5) is 0 Å². The number of carbonyl (C=O) groups is 5. The molecule has 10 N–H and O–H groups in total. The highest BCUT2D eigenvalue weighted by atomic mass is 16.4. The molecular formula is C17H29N7O7. The van der Waals surface area contributed by atoms with E-state index in [2.05, 4.69) is 15.6 Å². The van der Waals surface area contributed by atoms with Gasteiger partial charge in [-0.05, 0) is 25.7 Å². The van der Waals surface area contributed by atoms with Crippen molar-refractivity contribution in [2.45, 2.75) is 50.2 Å². The van der Waals surface area contributed by atoms with Gasteiger partial charge in [0.2, 0.25) is 17.7 Å². The zero-order chi connectivity index (χ0) is 23.6. The summed E-state index contributed by atoms with van der Waals surface area (Å²) in [6.07, 6.45) is 0.634. The van der Waals surface area contributed by atoms with E-state index in [0.717, 1.165) is 0 Å². The van der Waals surface area contributed by atoms with Crippen molar-refractivity contribution in [3.05, 3.63) is 0 Å². The standard InChI is InChI=1S/C17H29N7O7/c18-9(7-13(26)27)14(28)23-10(3-1-5-21-17(19)20)15(29)22-8-12(25)24-6-2-4-11(24)16(30)31/h9-11H,1-8,18H2,(H,22,29)(H,23,28)(H,26,27)(H,30,31)(H4,19,20,21). The molecule has 1 heterocycles. The molecule has 1 saturated heterocycles. The summed E-state index contributed by atoms with van der Waals surface area (Å²) in [4.78, 5) is 63.8. The molecule has 3 amide bonds. The molecule has 1 fully saturated rings. The van der Waals surface area contributed by atoms with Gasteiger partial charge in [-0.3, -0.25) is 24.2 Å². The molecule has 14 nitrogen and oxygen atoms in total. The van der Waals surface area contributed by atoms with Crippen molar-refractivity contribution in [3.63, 3.8) is 0 Å². The van der Waals surface area contributed by atoms with Crippen molar-refractivity contribution in [1.82, 2.24) is 15.5 Å². The Morgan fingerprint density at radius 3 is 2.39 bits per heavy atom. The van der Waals surface area contributed by atoms with E-state index in [-0.39, 0.29) is 25.5 Å². The quantitative estimate of drug-likeness (QED) is 0.0891. The molecule has 0 aromatic heterocycles. The zero-order valence-electron chi connectivity index (χ0n) is 17.0. The molecule has 0 aromatic carbocycles. The number of aliphatic imine (C=N–C) groups is 1. The third-order valence-corrected chi connectivity index (χ3v) is 4.58. The minimum Gasteiger partial charge on any atom is -0.481 e. The molecule has 3 unspecified atom stereocenters. The number of carbonyl (C=O) groups excluding carboxylic acids is 3. The lowest BCUT2D eigenvalue weighted by molar-refractivity contribution is -0.148. The Balaban J connectivity index is 2.71. The van der Waals surface area contributed by atoms with Crippen LogP contribution >= 0.6 is 0 Å². The lowest BCUT2D eigenvalue weighted by atomic mass is 10.1. The fraction of sp³-hybridized carbons (Fsp3) is 0.647. The van der Waals surface area contributed by atoms with E-state index < -0.39 is 60.8 Å². The zero-order valence-corrected chi connectivity index (χ0v) is 17.0. The molecule has 0 aromatic rings. The molecule has 0 aliphatic carbocycles. The molecule has 1 aliphatic heterocycles. The maximum absolute atomic E-state index is 12.5. The minimum absolute atomic E-state index is 0.0871. The number of nitrogens with two attached hydrogens (primary N) is 3. The summed E-state index contributed by atoms with van der Waals surface area (Å²) < 4.78 is 0. The van der Waals surface area contributed by atoms with Crippen LogP contribution in [-0.2, 0) is 24.0 Å². The number of guanidine groups is 1. The largest absolute Gasteiger partial charge is 0.481 e. The van der Waals surface area contributed by atoms with Gasteiger partial charge in [0.25, 0.3) is 0 Å². The Kier molecular flexibility index (Phi) is 10.2. The van der Waals surface area contributed by atoms with Gasteiger partial charge >= 0.3 is 11.9 Å². The summed E-state index contributed by atoms with van der Waals surface area (Å²) in [6.45, 7) is -0.00534. The molecular weight excluding hydrogens is 414 g/mol. The van der Waals surface area contributed by atoms with E-state index in [1.54, 1.807) is 0 Å². The Hall–Kier alpha value is -3.42. The molecule has 3 atom stereocenters. The number of hydrogen-bond acceptors (Lipinski definition) is 7. The lowest BCUT2D eigenvalue weighted by Crippen LogP contribution is -2.53. The van der Waals surface area contributed by atoms with Gasteiger partial charge in [-0.15, -0.1) is 0 Å². The second-order valence-corrected chi connectivity index (χ2v) is 7.02. The third kappa shape index (κ3) is 8.86. The van der Waals surface area contributed by atoms with Gasteiger partial charge in [-0.25, -0.2) is 4.79 Å². The highest BCUT2D eigenvalue weighted by Crippen LogP contribution is 2.17. The smallest absolute Gasteiger partial charge is 0.326 e. The Morgan fingerprint density at radius 2 is 1.81 bits per heavy atom. The topological polar surface area (TPSA) is 244 Å². The van der Waals surface area contributed by atoms with Crippen LogP contribution in [0.25, 0.3) is 0 Å². The fourth-order valence-electron chi connectivity index (χ4n) is 3.04. The monoisotopic (exact) mass is 443 g/mol. The molecule has 0 radical (unpaired) electrons. The predicted octanol–water partition coefficient (Wildman–Crippen LogP) is -3.48. The second kappa shape index (κ2) is 12.3. The van der Waals surface area contributed by atoms with Crippen molar-refractivity contribution in [2.24, 2.45) is 22.2 Å². The highest BCUT2D eigenvalue weighted by Gasteiger charge is 2.34. The van der Waals surface area contributed by atoms with Crippen molar-refractivity contribution in [3.8, 4) is 0 Å². The van der Waals surface area contributed by atoms with E-state index in [1.165, 1.54) is 4.90 Å². The molecule has 174 valence electrons. The van der Waals surface area contributed by atoms with Crippen molar-refractivity contribution in [1.29, 1.82) is 0 Å². The summed E-state index contributed by atoms with van der Waals surface area (Å²) in [6, 6.07) is -3.43. The van der Waals surface area contributed by atoms with Gasteiger partial charge in [0.05, 0.1) is 19.0 Å². The average molecular weight is 443 g/mol. The first kappa shape index (κ1) is 25.6. The first-order chi connectivity index (χ1) is 14.5. The van der Waals surface area contributed by atoms with E-state index in [4.69, 9.17) is 27.4 Å².